The summed E-state index contributed by atoms with van der Waals surface area (Å²) in [6.07, 6.45) is 2.23. The lowest BCUT2D eigenvalue weighted by molar-refractivity contribution is -0.128. The summed E-state index contributed by atoms with van der Waals surface area (Å²) in [6.45, 7) is 5.89. The number of amides is 2. The third-order valence-electron chi connectivity index (χ3n) is 4.23. The highest BCUT2D eigenvalue weighted by Gasteiger charge is 2.35. The molecular formula is C20H26IN3O3. The Balaban J connectivity index is 2.04. The van der Waals surface area contributed by atoms with E-state index in [0.717, 1.165) is 22.0 Å². The van der Waals surface area contributed by atoms with Gasteiger partial charge in [-0.2, -0.15) is 5.26 Å². The van der Waals surface area contributed by atoms with Gasteiger partial charge >= 0.3 is 6.09 Å². The van der Waals surface area contributed by atoms with Crippen LogP contribution in [0.3, 0.4) is 0 Å². The molecule has 1 saturated heterocycles. The lowest BCUT2D eigenvalue weighted by atomic mass is 10.0. The van der Waals surface area contributed by atoms with Crippen LogP contribution in [-0.4, -0.2) is 41.1 Å². The number of carbonyl (C=O) groups is 2. The molecule has 0 saturated carbocycles. The van der Waals surface area contributed by atoms with E-state index in [1.54, 1.807) is 20.8 Å². The van der Waals surface area contributed by atoms with Crippen LogP contribution in [0, 0.1) is 14.9 Å². The second-order valence-electron chi connectivity index (χ2n) is 7.71. The van der Waals surface area contributed by atoms with Crippen LogP contribution >= 0.6 is 22.6 Å². The van der Waals surface area contributed by atoms with Gasteiger partial charge in [0.25, 0.3) is 0 Å². The molecular weight excluding hydrogens is 457 g/mol. The molecule has 0 radical (unpaired) electrons. The summed E-state index contributed by atoms with van der Waals surface area (Å²) in [6, 6.07) is 8.75. The van der Waals surface area contributed by atoms with Crippen molar-refractivity contribution in [3.8, 4) is 6.07 Å². The van der Waals surface area contributed by atoms with E-state index in [-0.39, 0.29) is 5.91 Å². The predicted octanol–water partition coefficient (Wildman–Crippen LogP) is 3.63. The highest BCUT2D eigenvalue weighted by Crippen LogP contribution is 2.21. The molecule has 0 aliphatic carbocycles. The third kappa shape index (κ3) is 6.69. The van der Waals surface area contributed by atoms with Gasteiger partial charge in [-0.25, -0.2) is 4.79 Å². The Labute approximate surface area is 174 Å². The second-order valence-corrected chi connectivity index (χ2v) is 8.96. The summed E-state index contributed by atoms with van der Waals surface area (Å²) in [5.74, 6) is -0.294. The van der Waals surface area contributed by atoms with Gasteiger partial charge < -0.3 is 10.1 Å². The van der Waals surface area contributed by atoms with E-state index < -0.39 is 23.8 Å². The van der Waals surface area contributed by atoms with Crippen molar-refractivity contribution in [2.24, 2.45) is 0 Å². The zero-order valence-electron chi connectivity index (χ0n) is 16.0. The van der Waals surface area contributed by atoms with Crippen LogP contribution in [0.25, 0.3) is 0 Å². The van der Waals surface area contributed by atoms with Crippen molar-refractivity contribution in [3.05, 3.63) is 33.4 Å². The highest BCUT2D eigenvalue weighted by molar-refractivity contribution is 14.1. The summed E-state index contributed by atoms with van der Waals surface area (Å²) in [5.41, 5.74) is 0.372. The maximum atomic E-state index is 12.8. The lowest BCUT2D eigenvalue weighted by Crippen LogP contribution is -2.54. The molecule has 0 aromatic heterocycles. The van der Waals surface area contributed by atoms with Crippen LogP contribution in [0.2, 0.25) is 0 Å². The van der Waals surface area contributed by atoms with Crippen LogP contribution in [0.1, 0.15) is 45.6 Å². The van der Waals surface area contributed by atoms with E-state index in [9.17, 15) is 14.9 Å². The number of benzene rings is 1. The van der Waals surface area contributed by atoms with Crippen molar-refractivity contribution in [3.63, 3.8) is 0 Å². The van der Waals surface area contributed by atoms with Crippen molar-refractivity contribution < 1.29 is 14.3 Å². The minimum atomic E-state index is -0.641. The summed E-state index contributed by atoms with van der Waals surface area (Å²) < 4.78 is 6.52. The number of likely N-dealkylation sites (tertiary alicyclic amines) is 1. The molecule has 27 heavy (non-hydrogen) atoms. The molecule has 1 aromatic carbocycles. The Hall–Kier alpha value is -1.82. The van der Waals surface area contributed by atoms with Crippen LogP contribution in [0.5, 0.6) is 0 Å². The summed E-state index contributed by atoms with van der Waals surface area (Å²) >= 11 is 2.22. The molecule has 146 valence electrons. The quantitative estimate of drug-likeness (QED) is 0.664. The van der Waals surface area contributed by atoms with E-state index in [1.807, 2.05) is 24.3 Å². The molecule has 1 heterocycles. The Morgan fingerprint density at radius 2 is 2.15 bits per heavy atom. The number of piperidine rings is 1. The van der Waals surface area contributed by atoms with E-state index in [0.29, 0.717) is 19.4 Å². The average Bonchev–Trinajstić information content (AvgIpc) is 2.59. The molecule has 2 amide bonds. The van der Waals surface area contributed by atoms with E-state index in [4.69, 9.17) is 4.74 Å². The molecule has 0 spiro atoms. The fourth-order valence-corrected chi connectivity index (χ4v) is 3.65. The fraction of sp³-hybridized carbons (Fsp3) is 0.550. The first-order chi connectivity index (χ1) is 12.7. The van der Waals surface area contributed by atoms with Gasteiger partial charge in [-0.15, -0.1) is 0 Å². The Morgan fingerprint density at radius 3 is 2.78 bits per heavy atom. The second kappa shape index (κ2) is 9.40. The fourth-order valence-electron chi connectivity index (χ4n) is 3.04. The molecule has 1 N–H and O–H groups in total. The van der Waals surface area contributed by atoms with Crippen molar-refractivity contribution in [1.29, 1.82) is 5.26 Å². The maximum absolute atomic E-state index is 12.8. The number of nitrogens with one attached hydrogen (secondary N) is 1. The van der Waals surface area contributed by atoms with Gasteiger partial charge in [0.2, 0.25) is 5.91 Å². The number of hydrogen-bond acceptors (Lipinski definition) is 4. The molecule has 2 atom stereocenters. The number of halogens is 1. The molecule has 1 aromatic rings. The zero-order valence-corrected chi connectivity index (χ0v) is 18.2. The monoisotopic (exact) mass is 483 g/mol. The average molecular weight is 483 g/mol. The first-order valence-corrected chi connectivity index (χ1v) is 10.2. The molecule has 6 nitrogen and oxygen atoms in total. The zero-order chi connectivity index (χ0) is 20.0. The topological polar surface area (TPSA) is 82.4 Å². The smallest absolute Gasteiger partial charge is 0.410 e. The molecule has 0 bridgehead atoms. The highest BCUT2D eigenvalue weighted by atomic mass is 127. The van der Waals surface area contributed by atoms with Gasteiger partial charge in [-0.1, -0.05) is 12.1 Å². The SMILES string of the molecule is CC(C)(C)OC(=O)N1CCCCC1C(=O)NC(C#N)Cc1cccc(I)c1. The molecule has 1 aliphatic heterocycles. The third-order valence-corrected chi connectivity index (χ3v) is 4.91. The molecule has 2 unspecified atom stereocenters. The van der Waals surface area contributed by atoms with E-state index in [2.05, 4.69) is 34.0 Å². The number of nitriles is 1. The van der Waals surface area contributed by atoms with Crippen LogP contribution in [-0.2, 0) is 16.0 Å². The Morgan fingerprint density at radius 1 is 1.41 bits per heavy atom. The van der Waals surface area contributed by atoms with Gasteiger partial charge in [0.1, 0.15) is 17.7 Å². The number of carbonyl (C=O) groups excluding carboxylic acids is 2. The number of nitrogens with zero attached hydrogens (tertiary/aromatic N) is 2. The maximum Gasteiger partial charge on any atom is 0.410 e. The predicted molar refractivity (Wildman–Crippen MR) is 111 cm³/mol. The van der Waals surface area contributed by atoms with Gasteiger partial charge in [-0.05, 0) is 80.3 Å². The minimum absolute atomic E-state index is 0.294. The summed E-state index contributed by atoms with van der Waals surface area (Å²) in [7, 11) is 0. The Kier molecular flexibility index (Phi) is 7.48. The van der Waals surface area contributed by atoms with Gasteiger partial charge in [-0.3, -0.25) is 9.69 Å². The minimum Gasteiger partial charge on any atom is -0.444 e. The number of rotatable bonds is 4. The van der Waals surface area contributed by atoms with Crippen molar-refractivity contribution in [2.75, 3.05) is 6.54 Å². The van der Waals surface area contributed by atoms with E-state index >= 15 is 0 Å². The van der Waals surface area contributed by atoms with E-state index in [1.165, 1.54) is 4.90 Å². The molecule has 7 heteroatoms. The first kappa shape index (κ1) is 21.5. The summed E-state index contributed by atoms with van der Waals surface area (Å²) in [5, 5.41) is 12.3. The number of hydrogen-bond donors (Lipinski definition) is 1. The molecule has 1 fully saturated rings. The largest absolute Gasteiger partial charge is 0.444 e. The first-order valence-electron chi connectivity index (χ1n) is 9.13. The van der Waals surface area contributed by atoms with Crippen molar-refractivity contribution >= 4 is 34.6 Å². The van der Waals surface area contributed by atoms with Gasteiger partial charge in [0.05, 0.1) is 6.07 Å². The normalized spacial score (nSPS) is 18.3. The standard InChI is InChI=1S/C20H26IN3O3/c1-20(2,3)27-19(26)24-10-5-4-9-17(24)18(25)23-16(13-22)12-14-7-6-8-15(21)11-14/h6-8,11,16-17H,4-5,9-10,12H2,1-3H3,(H,23,25). The van der Waals surface area contributed by atoms with Gasteiger partial charge in [0.15, 0.2) is 0 Å². The van der Waals surface area contributed by atoms with Crippen LogP contribution in [0.15, 0.2) is 24.3 Å². The van der Waals surface area contributed by atoms with Crippen LogP contribution in [0.4, 0.5) is 4.79 Å². The summed E-state index contributed by atoms with van der Waals surface area (Å²) in [4.78, 5) is 26.8. The Bertz CT molecular complexity index is 724. The van der Waals surface area contributed by atoms with Crippen molar-refractivity contribution in [2.45, 2.75) is 64.1 Å². The number of ether oxygens (including phenoxy) is 1. The van der Waals surface area contributed by atoms with Crippen LogP contribution < -0.4 is 5.32 Å². The lowest BCUT2D eigenvalue weighted by Gasteiger charge is -2.36. The molecule has 2 rings (SSSR count). The van der Waals surface area contributed by atoms with Crippen molar-refractivity contribution in [1.82, 2.24) is 10.2 Å². The molecule has 1 aliphatic rings. The van der Waals surface area contributed by atoms with Gasteiger partial charge in [0, 0.05) is 16.5 Å².